The van der Waals surface area contributed by atoms with Crippen molar-refractivity contribution in [3.8, 4) is 5.75 Å². The fourth-order valence-electron chi connectivity index (χ4n) is 1.87. The molecule has 0 aliphatic rings. The van der Waals surface area contributed by atoms with E-state index in [4.69, 9.17) is 4.42 Å². The van der Waals surface area contributed by atoms with E-state index in [0.29, 0.717) is 5.56 Å². The highest BCUT2D eigenvalue weighted by Gasteiger charge is 2.23. The fraction of sp³-hybridized carbons (Fsp3) is 0.467. The number of nitrogens with zero attached hydrogens (tertiary/aromatic N) is 2. The molecule has 0 aliphatic carbocycles. The van der Waals surface area contributed by atoms with Crippen molar-refractivity contribution in [1.82, 2.24) is 9.78 Å². The van der Waals surface area contributed by atoms with Gasteiger partial charge in [0.2, 0.25) is 5.89 Å². The maximum Gasteiger partial charge on any atom is 0.437 e. The molecule has 1 aromatic carbocycles. The van der Waals surface area contributed by atoms with E-state index in [1.807, 2.05) is 20.8 Å². The molecule has 0 radical (unpaired) electrons. The van der Waals surface area contributed by atoms with Crippen LogP contribution in [0.5, 0.6) is 5.75 Å². The number of ether oxygens (including phenoxy) is 1. The predicted octanol–water partition coefficient (Wildman–Crippen LogP) is 2.47. The molecule has 1 atom stereocenters. The van der Waals surface area contributed by atoms with Crippen LogP contribution in [-0.2, 0) is 12.0 Å². The van der Waals surface area contributed by atoms with E-state index in [1.54, 1.807) is 0 Å². The summed E-state index contributed by atoms with van der Waals surface area (Å²) in [6.07, 6.45) is -1.04. The Labute approximate surface area is 131 Å². The van der Waals surface area contributed by atoms with E-state index in [0.717, 1.165) is 4.68 Å². The van der Waals surface area contributed by atoms with E-state index in [-0.39, 0.29) is 18.2 Å². The second-order valence-electron chi connectivity index (χ2n) is 6.07. The number of halogens is 2. The summed E-state index contributed by atoms with van der Waals surface area (Å²) >= 11 is 0. The number of hydrogen-bond acceptors (Lipinski definition) is 5. The van der Waals surface area contributed by atoms with Gasteiger partial charge < -0.3 is 14.3 Å². The normalized spacial score (nSPS) is 13.3. The lowest BCUT2D eigenvalue weighted by Gasteiger charge is -2.12. The molecule has 1 N–H and O–H groups in total. The van der Waals surface area contributed by atoms with E-state index in [9.17, 15) is 18.7 Å². The van der Waals surface area contributed by atoms with Gasteiger partial charge >= 0.3 is 12.4 Å². The van der Waals surface area contributed by atoms with Crippen molar-refractivity contribution in [2.75, 3.05) is 0 Å². The summed E-state index contributed by atoms with van der Waals surface area (Å²) in [7, 11) is 0. The molecule has 2 rings (SSSR count). The summed E-state index contributed by atoms with van der Waals surface area (Å²) in [6.45, 7) is 2.53. The third-order valence-electron chi connectivity index (χ3n) is 3.08. The highest BCUT2D eigenvalue weighted by atomic mass is 19.3. The molecule has 8 heteroatoms. The van der Waals surface area contributed by atoms with Crippen LogP contribution in [0, 0.1) is 0 Å². The molecule has 0 aliphatic heterocycles. The predicted molar refractivity (Wildman–Crippen MR) is 77.5 cm³/mol. The minimum absolute atomic E-state index is 0.00966. The van der Waals surface area contributed by atoms with Crippen LogP contribution in [0.4, 0.5) is 8.78 Å². The minimum atomic E-state index is -2.91. The number of benzene rings is 1. The molecular formula is C15H18F2N2O4. The van der Waals surface area contributed by atoms with Crippen LogP contribution in [0.3, 0.4) is 0 Å². The highest BCUT2D eigenvalue weighted by Crippen LogP contribution is 2.21. The van der Waals surface area contributed by atoms with Gasteiger partial charge in [0.15, 0.2) is 0 Å². The minimum Gasteiger partial charge on any atom is -0.435 e. The van der Waals surface area contributed by atoms with Crippen molar-refractivity contribution in [2.24, 2.45) is 0 Å². The largest absolute Gasteiger partial charge is 0.437 e. The van der Waals surface area contributed by atoms with Crippen LogP contribution in [-0.4, -0.2) is 21.5 Å². The van der Waals surface area contributed by atoms with Crippen LogP contribution in [0.2, 0.25) is 0 Å². The Kier molecular flexibility index (Phi) is 4.84. The van der Waals surface area contributed by atoms with E-state index >= 15 is 0 Å². The summed E-state index contributed by atoms with van der Waals surface area (Å²) in [5.74, 6) is -0.397. The summed E-state index contributed by atoms with van der Waals surface area (Å²) in [6, 6.07) is 5.52. The highest BCUT2D eigenvalue weighted by molar-refractivity contribution is 5.28. The first-order chi connectivity index (χ1) is 10.7. The number of aliphatic hydroxyl groups is 1. The topological polar surface area (TPSA) is 77.5 Å². The Morgan fingerprint density at radius 3 is 2.39 bits per heavy atom. The average Bonchev–Trinajstić information content (AvgIpc) is 2.80. The summed E-state index contributed by atoms with van der Waals surface area (Å²) in [4.78, 5) is 11.7. The van der Waals surface area contributed by atoms with Crippen molar-refractivity contribution < 1.29 is 23.0 Å². The van der Waals surface area contributed by atoms with Gasteiger partial charge in [-0.15, -0.1) is 5.10 Å². The van der Waals surface area contributed by atoms with Gasteiger partial charge in [-0.3, -0.25) is 0 Å². The lowest BCUT2D eigenvalue weighted by molar-refractivity contribution is -0.0498. The summed E-state index contributed by atoms with van der Waals surface area (Å²) in [5, 5.41) is 14.2. The lowest BCUT2D eigenvalue weighted by Crippen LogP contribution is -2.20. The summed E-state index contributed by atoms with van der Waals surface area (Å²) in [5.41, 5.74) is 0.0164. The molecule has 1 heterocycles. The first-order valence-electron chi connectivity index (χ1n) is 6.98. The Hall–Kier alpha value is -2.22. The Bertz CT molecular complexity index is 702. The number of alkyl halides is 2. The number of hydrogen-bond donors (Lipinski definition) is 1. The van der Waals surface area contributed by atoms with Gasteiger partial charge in [0, 0.05) is 5.41 Å². The van der Waals surface area contributed by atoms with Crippen LogP contribution in [0.25, 0.3) is 0 Å². The monoisotopic (exact) mass is 328 g/mol. The Morgan fingerprint density at radius 1 is 1.30 bits per heavy atom. The Balaban J connectivity index is 2.11. The van der Waals surface area contributed by atoms with Crippen molar-refractivity contribution in [3.05, 3.63) is 46.3 Å². The van der Waals surface area contributed by atoms with Crippen LogP contribution < -0.4 is 10.5 Å². The van der Waals surface area contributed by atoms with Crippen LogP contribution >= 0.6 is 0 Å². The molecule has 0 bridgehead atoms. The molecule has 6 nitrogen and oxygen atoms in total. The van der Waals surface area contributed by atoms with Crippen molar-refractivity contribution in [3.63, 3.8) is 0 Å². The second-order valence-corrected chi connectivity index (χ2v) is 6.07. The third-order valence-corrected chi connectivity index (χ3v) is 3.08. The van der Waals surface area contributed by atoms with Gasteiger partial charge in [-0.1, -0.05) is 32.9 Å². The average molecular weight is 328 g/mol. The number of aromatic nitrogens is 2. The lowest BCUT2D eigenvalue weighted by atomic mass is 9.97. The van der Waals surface area contributed by atoms with Gasteiger partial charge in [-0.25, -0.2) is 4.79 Å². The number of aliphatic hydroxyl groups excluding tert-OH is 1. The Morgan fingerprint density at radius 2 is 1.91 bits per heavy atom. The maximum atomic E-state index is 12.1. The molecule has 23 heavy (non-hydrogen) atoms. The molecule has 2 aromatic rings. The van der Waals surface area contributed by atoms with Gasteiger partial charge in [-0.2, -0.15) is 13.5 Å². The fourth-order valence-corrected chi connectivity index (χ4v) is 1.87. The molecule has 0 amide bonds. The second kappa shape index (κ2) is 6.49. The van der Waals surface area contributed by atoms with Crippen LogP contribution in [0.15, 0.2) is 33.5 Å². The number of rotatable bonds is 5. The maximum absolute atomic E-state index is 12.1. The first kappa shape index (κ1) is 17.1. The van der Waals surface area contributed by atoms with Crippen LogP contribution in [0.1, 0.15) is 38.3 Å². The van der Waals surface area contributed by atoms with Gasteiger partial charge in [0.05, 0.1) is 12.6 Å². The molecule has 0 fully saturated rings. The van der Waals surface area contributed by atoms with E-state index < -0.39 is 23.9 Å². The van der Waals surface area contributed by atoms with Crippen molar-refractivity contribution in [1.29, 1.82) is 0 Å². The van der Waals surface area contributed by atoms with Gasteiger partial charge in [0.25, 0.3) is 0 Å². The zero-order valence-corrected chi connectivity index (χ0v) is 13.0. The quantitative estimate of drug-likeness (QED) is 0.912. The van der Waals surface area contributed by atoms with E-state index in [1.165, 1.54) is 24.3 Å². The summed E-state index contributed by atoms with van der Waals surface area (Å²) < 4.78 is 34.5. The molecular weight excluding hydrogens is 310 g/mol. The third kappa shape index (κ3) is 4.38. The van der Waals surface area contributed by atoms with Gasteiger partial charge in [-0.05, 0) is 17.7 Å². The molecule has 0 saturated carbocycles. The zero-order valence-electron chi connectivity index (χ0n) is 13.0. The van der Waals surface area contributed by atoms with E-state index in [2.05, 4.69) is 9.84 Å². The van der Waals surface area contributed by atoms with Crippen molar-refractivity contribution in [2.45, 2.75) is 45.4 Å². The standard InChI is InChI=1S/C15H18F2N2O4/c1-15(2,3)12-18-19(14(21)23-12)8-11(20)9-4-6-10(7-5-9)22-13(16)17/h4-7,11,13,20H,8H2,1-3H3. The molecule has 0 spiro atoms. The van der Waals surface area contributed by atoms with Crippen molar-refractivity contribution >= 4 is 0 Å². The first-order valence-corrected chi connectivity index (χ1v) is 6.98. The SMILES string of the molecule is CC(C)(C)c1nn(CC(O)c2ccc(OC(F)F)cc2)c(=O)o1. The zero-order chi connectivity index (χ0) is 17.2. The van der Waals surface area contributed by atoms with Gasteiger partial charge in [0.1, 0.15) is 5.75 Å². The molecule has 1 aromatic heterocycles. The molecule has 1 unspecified atom stereocenters. The molecule has 0 saturated heterocycles. The smallest absolute Gasteiger partial charge is 0.435 e. The molecule has 126 valence electrons.